The summed E-state index contributed by atoms with van der Waals surface area (Å²) >= 11 is 0. The molecule has 3 aromatic carbocycles. The Morgan fingerprint density at radius 3 is 2.42 bits per heavy atom. The molecule has 0 bridgehead atoms. The zero-order valence-electron chi connectivity index (χ0n) is 24.2. The maximum Gasteiger partial charge on any atom is 0.238 e. The summed E-state index contributed by atoms with van der Waals surface area (Å²) in [7, 11) is -0.321. The van der Waals surface area contributed by atoms with E-state index in [1.807, 2.05) is 43.4 Å². The molecule has 1 aromatic heterocycles. The first-order chi connectivity index (χ1) is 20.7. The molecule has 1 aliphatic heterocycles. The average molecular weight is 610 g/mol. The molecule has 11 heteroatoms. The summed E-state index contributed by atoms with van der Waals surface area (Å²) in [5, 5.41) is 8.56. The molecule has 1 unspecified atom stereocenters. The number of likely N-dealkylation sites (N-methyl/N-ethyl adjacent to an activating group) is 1. The minimum absolute atomic E-state index is 0.0204. The topological polar surface area (TPSA) is 126 Å². The van der Waals surface area contributed by atoms with Gasteiger partial charge < -0.3 is 23.9 Å². The van der Waals surface area contributed by atoms with Gasteiger partial charge in [-0.2, -0.15) is 0 Å². The molecule has 0 amide bonds. The van der Waals surface area contributed by atoms with E-state index in [1.54, 1.807) is 19.2 Å². The number of nitrogens with zero attached hydrogens (tertiary/aromatic N) is 1. The van der Waals surface area contributed by atoms with Crippen molar-refractivity contribution in [3.05, 3.63) is 90.1 Å². The number of nitrogens with two attached hydrogens (primary N) is 1. The second-order valence-electron chi connectivity index (χ2n) is 10.5. The molecule has 43 heavy (non-hydrogen) atoms. The van der Waals surface area contributed by atoms with E-state index < -0.39 is 15.6 Å². The van der Waals surface area contributed by atoms with Crippen LogP contribution in [0.5, 0.6) is 5.75 Å². The summed E-state index contributed by atoms with van der Waals surface area (Å²) in [5.41, 5.74) is 2.29. The number of methoxy groups -OCH3 is 1. The first-order valence-corrected chi connectivity index (χ1v) is 15.7. The molecule has 228 valence electrons. The van der Waals surface area contributed by atoms with Gasteiger partial charge in [0, 0.05) is 62.8 Å². The van der Waals surface area contributed by atoms with Crippen molar-refractivity contribution in [2.45, 2.75) is 42.2 Å². The van der Waals surface area contributed by atoms with Gasteiger partial charge in [-0.1, -0.05) is 42.5 Å². The Balaban J connectivity index is 1.31. The van der Waals surface area contributed by atoms with Gasteiger partial charge in [0.15, 0.2) is 11.7 Å². The van der Waals surface area contributed by atoms with Crippen molar-refractivity contribution in [3.8, 4) is 28.3 Å². The molecule has 4 aromatic rings. The number of primary sulfonamides is 1. The Bertz CT molecular complexity index is 1620. The van der Waals surface area contributed by atoms with Crippen LogP contribution in [0.4, 0.5) is 4.39 Å². The third-order valence-electron chi connectivity index (χ3n) is 7.82. The van der Waals surface area contributed by atoms with E-state index in [-0.39, 0.29) is 16.8 Å². The maximum absolute atomic E-state index is 14.6. The van der Waals surface area contributed by atoms with Crippen LogP contribution < -0.4 is 15.2 Å². The monoisotopic (exact) mass is 609 g/mol. The fourth-order valence-electron chi connectivity index (χ4n) is 5.33. The second-order valence-corrected chi connectivity index (χ2v) is 12.1. The lowest BCUT2D eigenvalue weighted by Crippen LogP contribution is -2.35. The number of nitrogens with one attached hydrogen (secondary N) is 1. The Hall–Kier alpha value is -3.61. The quantitative estimate of drug-likeness (QED) is 0.229. The molecule has 9 nitrogen and oxygen atoms in total. The first-order valence-electron chi connectivity index (χ1n) is 14.1. The largest absolute Gasteiger partial charge is 0.493 e. The van der Waals surface area contributed by atoms with Gasteiger partial charge in [0.25, 0.3) is 0 Å². The number of rotatable bonds is 12. The van der Waals surface area contributed by atoms with E-state index in [4.69, 9.17) is 28.8 Å². The molecule has 1 atom stereocenters. The number of aromatic nitrogens is 1. The summed E-state index contributed by atoms with van der Waals surface area (Å²) in [6.07, 6.45) is 2.37. The number of ether oxygens (including phenoxy) is 3. The van der Waals surface area contributed by atoms with E-state index in [1.165, 1.54) is 24.3 Å². The van der Waals surface area contributed by atoms with Crippen molar-refractivity contribution >= 4 is 10.0 Å². The van der Waals surface area contributed by atoms with Gasteiger partial charge in [-0.15, -0.1) is 0 Å². The summed E-state index contributed by atoms with van der Waals surface area (Å²) in [6, 6.07) is 20.5. The summed E-state index contributed by atoms with van der Waals surface area (Å²) < 4.78 is 61.7. The van der Waals surface area contributed by atoms with Crippen LogP contribution in [-0.2, 0) is 31.5 Å². The van der Waals surface area contributed by atoms with Crippen molar-refractivity contribution in [1.29, 1.82) is 0 Å². The van der Waals surface area contributed by atoms with Crippen LogP contribution in [0, 0.1) is 5.82 Å². The average Bonchev–Trinajstić information content (AvgIpc) is 3.44. The number of oxazole rings is 1. The van der Waals surface area contributed by atoms with Gasteiger partial charge in [-0.05, 0) is 43.3 Å². The molecule has 5 rings (SSSR count). The Morgan fingerprint density at radius 2 is 1.77 bits per heavy atom. The second kappa shape index (κ2) is 13.4. The molecule has 2 heterocycles. The number of benzene rings is 3. The summed E-state index contributed by atoms with van der Waals surface area (Å²) in [6.45, 7) is 1.45. The van der Waals surface area contributed by atoms with Crippen molar-refractivity contribution in [3.63, 3.8) is 0 Å². The zero-order valence-corrected chi connectivity index (χ0v) is 25.0. The molecule has 3 N–H and O–H groups in total. The minimum Gasteiger partial charge on any atom is -0.493 e. The molecule has 0 aliphatic carbocycles. The van der Waals surface area contributed by atoms with E-state index >= 15 is 0 Å². The highest BCUT2D eigenvalue weighted by Crippen LogP contribution is 2.38. The van der Waals surface area contributed by atoms with Gasteiger partial charge in [0.2, 0.25) is 10.0 Å². The predicted octanol–water partition coefficient (Wildman–Crippen LogP) is 5.05. The van der Waals surface area contributed by atoms with E-state index in [9.17, 15) is 12.8 Å². The van der Waals surface area contributed by atoms with E-state index in [2.05, 4.69) is 5.32 Å². The van der Waals surface area contributed by atoms with Crippen LogP contribution in [0.15, 0.2) is 82.1 Å². The van der Waals surface area contributed by atoms with Gasteiger partial charge >= 0.3 is 0 Å². The molecule has 0 spiro atoms. The van der Waals surface area contributed by atoms with Crippen molar-refractivity contribution in [1.82, 2.24) is 10.3 Å². The molecule has 1 saturated heterocycles. The Morgan fingerprint density at radius 1 is 1.05 bits per heavy atom. The summed E-state index contributed by atoms with van der Waals surface area (Å²) in [5.74, 6) is 1.16. The van der Waals surface area contributed by atoms with Crippen LogP contribution in [-0.4, -0.2) is 53.4 Å². The van der Waals surface area contributed by atoms with Crippen molar-refractivity contribution < 1.29 is 31.4 Å². The zero-order chi connectivity index (χ0) is 30.5. The number of sulfonamides is 1. The highest BCUT2D eigenvalue weighted by Gasteiger charge is 2.35. The Labute approximate surface area is 251 Å². The molecule has 0 saturated carbocycles. The predicted molar refractivity (Wildman–Crippen MR) is 161 cm³/mol. The first kappa shape index (κ1) is 30.8. The fourth-order valence-corrected chi connectivity index (χ4v) is 5.85. The van der Waals surface area contributed by atoms with Crippen LogP contribution in [0.3, 0.4) is 0 Å². The molecule has 1 fully saturated rings. The third kappa shape index (κ3) is 7.31. The SMILES string of the molecule is CNC(CCOc1cc(F)cc(C2(OC)CCOCC2)c1)Cc1nc(-c2ccc(S(N)(=O)=O)cc2)c(-c2ccccc2)o1. The normalized spacial score (nSPS) is 15.7. The van der Waals surface area contributed by atoms with Crippen LogP contribution in [0.1, 0.15) is 30.7 Å². The standard InChI is InChI=1S/C32H36FN3O6S/c1-35-26(12-15-41-27-19-24(18-25(33)20-27)32(39-2)13-16-40-17-14-32)21-29-36-30(31(42-29)23-6-4-3-5-7-23)22-8-10-28(11-9-22)43(34,37)38/h3-11,18-20,26,35H,12-17,21H2,1-2H3,(H2,34,37,38). The number of halogens is 1. The number of hydrogen-bond donors (Lipinski definition) is 2. The van der Waals surface area contributed by atoms with Crippen molar-refractivity contribution in [2.24, 2.45) is 5.14 Å². The van der Waals surface area contributed by atoms with Crippen LogP contribution in [0.2, 0.25) is 0 Å². The Kier molecular flexibility index (Phi) is 9.58. The maximum atomic E-state index is 14.6. The smallest absolute Gasteiger partial charge is 0.238 e. The van der Waals surface area contributed by atoms with Crippen LogP contribution >= 0.6 is 0 Å². The van der Waals surface area contributed by atoms with Gasteiger partial charge in [-0.3, -0.25) is 0 Å². The van der Waals surface area contributed by atoms with E-state index in [0.717, 1.165) is 11.1 Å². The molecule has 0 radical (unpaired) electrons. The van der Waals surface area contributed by atoms with E-state index in [0.29, 0.717) is 74.2 Å². The van der Waals surface area contributed by atoms with Gasteiger partial charge in [-0.25, -0.2) is 22.9 Å². The highest BCUT2D eigenvalue weighted by molar-refractivity contribution is 7.89. The molecular formula is C32H36FN3O6S. The minimum atomic E-state index is -3.82. The highest BCUT2D eigenvalue weighted by atomic mass is 32.2. The lowest BCUT2D eigenvalue weighted by Gasteiger charge is -2.36. The van der Waals surface area contributed by atoms with Crippen molar-refractivity contribution in [2.75, 3.05) is 34.0 Å². The fraction of sp³-hybridized carbons (Fsp3) is 0.344. The van der Waals surface area contributed by atoms with Gasteiger partial charge in [0.1, 0.15) is 17.3 Å². The van der Waals surface area contributed by atoms with Crippen LogP contribution in [0.25, 0.3) is 22.6 Å². The lowest BCUT2D eigenvalue weighted by atomic mass is 9.86. The number of hydrogen-bond acceptors (Lipinski definition) is 8. The third-order valence-corrected chi connectivity index (χ3v) is 8.75. The van der Waals surface area contributed by atoms with Gasteiger partial charge in [0.05, 0.1) is 17.1 Å². The lowest BCUT2D eigenvalue weighted by molar-refractivity contribution is -0.0950. The molecule has 1 aliphatic rings. The summed E-state index contributed by atoms with van der Waals surface area (Å²) in [4.78, 5) is 4.81. The molecular weight excluding hydrogens is 573 g/mol.